The normalized spacial score (nSPS) is 37.0. The first kappa shape index (κ1) is 15.9. The van der Waals surface area contributed by atoms with Crippen LogP contribution >= 0.6 is 0 Å². The third-order valence-electron chi connectivity index (χ3n) is 7.84. The summed E-state index contributed by atoms with van der Waals surface area (Å²) in [7, 11) is 0. The van der Waals surface area contributed by atoms with Crippen LogP contribution in [0.4, 0.5) is 0 Å². The van der Waals surface area contributed by atoms with Crippen LogP contribution in [0, 0.1) is 23.2 Å². The molecule has 3 N–H and O–H groups in total. The Bertz CT molecular complexity index is 635. The standard InChI is InChI=1S/C21H31N3O/c22-19(25)18-17(23-20(24-18)16-3-1-2-4-16)5-6-21-10-13-7-14(11-21)9-15(8-13)12-21/h13-16H,1-12H2,(H2,22,25)(H,23,24). The Kier molecular flexibility index (Phi) is 3.72. The molecule has 4 heteroatoms. The van der Waals surface area contributed by atoms with Gasteiger partial charge in [0, 0.05) is 11.6 Å². The Hall–Kier alpha value is -1.32. The number of aromatic nitrogens is 2. The van der Waals surface area contributed by atoms with Crippen LogP contribution in [0.25, 0.3) is 0 Å². The number of hydrogen-bond acceptors (Lipinski definition) is 2. The van der Waals surface area contributed by atoms with Gasteiger partial charge in [-0.25, -0.2) is 4.98 Å². The van der Waals surface area contributed by atoms with Crippen molar-refractivity contribution in [2.24, 2.45) is 28.9 Å². The van der Waals surface area contributed by atoms with Gasteiger partial charge in [0.25, 0.3) is 5.91 Å². The smallest absolute Gasteiger partial charge is 0.269 e. The number of nitrogens with zero attached hydrogens (tertiary/aromatic N) is 1. The number of H-pyrrole nitrogens is 1. The van der Waals surface area contributed by atoms with Crippen LogP contribution < -0.4 is 5.73 Å². The van der Waals surface area contributed by atoms with Crippen LogP contribution in [0.1, 0.15) is 98.6 Å². The van der Waals surface area contributed by atoms with E-state index in [0.29, 0.717) is 17.0 Å². The van der Waals surface area contributed by atoms with Crippen molar-refractivity contribution in [3.63, 3.8) is 0 Å². The number of carbonyl (C=O) groups excluding carboxylic acids is 1. The molecule has 0 unspecified atom stereocenters. The van der Waals surface area contributed by atoms with E-state index in [1.54, 1.807) is 0 Å². The van der Waals surface area contributed by atoms with Crippen molar-refractivity contribution in [1.82, 2.24) is 9.97 Å². The molecular weight excluding hydrogens is 310 g/mol. The van der Waals surface area contributed by atoms with Crippen molar-refractivity contribution in [2.45, 2.75) is 83.0 Å². The second kappa shape index (κ2) is 5.85. The van der Waals surface area contributed by atoms with E-state index in [-0.39, 0.29) is 5.91 Å². The molecule has 0 spiro atoms. The topological polar surface area (TPSA) is 71.8 Å². The van der Waals surface area contributed by atoms with Crippen LogP contribution in [-0.2, 0) is 6.42 Å². The van der Waals surface area contributed by atoms with E-state index >= 15 is 0 Å². The molecule has 0 radical (unpaired) electrons. The van der Waals surface area contributed by atoms with Gasteiger partial charge in [-0.2, -0.15) is 0 Å². The minimum Gasteiger partial charge on any atom is -0.364 e. The van der Waals surface area contributed by atoms with Gasteiger partial charge >= 0.3 is 0 Å². The van der Waals surface area contributed by atoms with E-state index in [2.05, 4.69) is 9.97 Å². The quantitative estimate of drug-likeness (QED) is 0.837. The number of carbonyl (C=O) groups is 1. The zero-order valence-electron chi connectivity index (χ0n) is 15.2. The van der Waals surface area contributed by atoms with Crippen molar-refractivity contribution < 1.29 is 4.79 Å². The van der Waals surface area contributed by atoms with Gasteiger partial charge in [0.15, 0.2) is 0 Å². The van der Waals surface area contributed by atoms with Crippen molar-refractivity contribution in [3.8, 4) is 0 Å². The Balaban J connectivity index is 1.34. The van der Waals surface area contributed by atoms with E-state index in [4.69, 9.17) is 5.73 Å². The minimum atomic E-state index is -0.360. The number of nitrogens with one attached hydrogen (secondary N) is 1. The number of aromatic amines is 1. The summed E-state index contributed by atoms with van der Waals surface area (Å²) in [4.78, 5) is 20.1. The molecule has 0 saturated heterocycles. The highest BCUT2D eigenvalue weighted by atomic mass is 16.1. The zero-order valence-corrected chi connectivity index (χ0v) is 15.2. The summed E-state index contributed by atoms with van der Waals surface area (Å²) in [5.41, 5.74) is 7.72. The number of amides is 1. The number of imidazole rings is 1. The van der Waals surface area contributed by atoms with Gasteiger partial charge in [-0.15, -0.1) is 0 Å². The molecule has 1 aromatic heterocycles. The Morgan fingerprint density at radius 2 is 1.68 bits per heavy atom. The van der Waals surface area contributed by atoms with E-state index < -0.39 is 0 Å². The molecule has 5 aliphatic carbocycles. The van der Waals surface area contributed by atoms with E-state index in [1.807, 2.05) is 0 Å². The Morgan fingerprint density at radius 1 is 1.08 bits per heavy atom. The number of hydrogen-bond donors (Lipinski definition) is 2. The van der Waals surface area contributed by atoms with Gasteiger partial charge in [0.1, 0.15) is 11.5 Å². The first-order valence-electron chi connectivity index (χ1n) is 10.5. The lowest BCUT2D eigenvalue weighted by molar-refractivity contribution is -0.0570. The number of aryl methyl sites for hydroxylation is 1. The molecule has 4 bridgehead atoms. The fraction of sp³-hybridized carbons (Fsp3) is 0.810. The highest BCUT2D eigenvalue weighted by Gasteiger charge is 2.50. The highest BCUT2D eigenvalue weighted by Crippen LogP contribution is 2.61. The second-order valence-electron chi connectivity index (χ2n) is 9.71. The summed E-state index contributed by atoms with van der Waals surface area (Å²) >= 11 is 0. The van der Waals surface area contributed by atoms with E-state index in [9.17, 15) is 4.79 Å². The number of primary amides is 1. The van der Waals surface area contributed by atoms with Gasteiger partial charge in [-0.05, 0) is 87.4 Å². The fourth-order valence-corrected chi connectivity index (χ4v) is 7.19. The Labute approximate surface area is 150 Å². The molecule has 5 saturated carbocycles. The largest absolute Gasteiger partial charge is 0.364 e. The number of rotatable bonds is 5. The first-order valence-corrected chi connectivity index (χ1v) is 10.5. The van der Waals surface area contributed by atoms with Crippen LogP contribution in [0.3, 0.4) is 0 Å². The lowest BCUT2D eigenvalue weighted by atomic mass is 9.48. The van der Waals surface area contributed by atoms with Crippen molar-refractivity contribution in [1.29, 1.82) is 0 Å². The summed E-state index contributed by atoms with van der Waals surface area (Å²) < 4.78 is 0. The molecule has 1 aromatic rings. The van der Waals surface area contributed by atoms with Gasteiger partial charge < -0.3 is 10.7 Å². The molecule has 0 atom stereocenters. The lowest BCUT2D eigenvalue weighted by Gasteiger charge is -2.57. The van der Waals surface area contributed by atoms with Gasteiger partial charge in [0.05, 0.1) is 0 Å². The predicted octanol–water partition coefficient (Wildman–Crippen LogP) is 4.32. The third kappa shape index (κ3) is 2.82. The van der Waals surface area contributed by atoms with E-state index in [1.165, 1.54) is 70.6 Å². The average Bonchev–Trinajstić information content (AvgIpc) is 3.21. The summed E-state index contributed by atoms with van der Waals surface area (Å²) in [5.74, 6) is 4.12. The highest BCUT2D eigenvalue weighted by molar-refractivity contribution is 5.92. The molecule has 1 heterocycles. The molecular formula is C21H31N3O. The second-order valence-corrected chi connectivity index (χ2v) is 9.71. The molecule has 0 aliphatic heterocycles. The fourth-order valence-electron chi connectivity index (χ4n) is 7.19. The van der Waals surface area contributed by atoms with Crippen LogP contribution in [0.2, 0.25) is 0 Å². The molecule has 5 aliphatic rings. The monoisotopic (exact) mass is 341 g/mol. The summed E-state index contributed by atoms with van der Waals surface area (Å²) in [6.45, 7) is 0. The van der Waals surface area contributed by atoms with Crippen LogP contribution in [0.15, 0.2) is 0 Å². The average molecular weight is 341 g/mol. The van der Waals surface area contributed by atoms with Crippen molar-refractivity contribution >= 4 is 5.91 Å². The predicted molar refractivity (Wildman–Crippen MR) is 97.2 cm³/mol. The van der Waals surface area contributed by atoms with Crippen molar-refractivity contribution in [3.05, 3.63) is 17.2 Å². The summed E-state index contributed by atoms with van der Waals surface area (Å²) in [6, 6.07) is 0. The van der Waals surface area contributed by atoms with Crippen molar-refractivity contribution in [2.75, 3.05) is 0 Å². The molecule has 5 fully saturated rings. The molecule has 136 valence electrons. The summed E-state index contributed by atoms with van der Waals surface area (Å²) in [5, 5.41) is 0. The lowest BCUT2D eigenvalue weighted by Crippen LogP contribution is -2.46. The maximum Gasteiger partial charge on any atom is 0.269 e. The molecule has 4 nitrogen and oxygen atoms in total. The van der Waals surface area contributed by atoms with Crippen LogP contribution in [0.5, 0.6) is 0 Å². The van der Waals surface area contributed by atoms with E-state index in [0.717, 1.165) is 35.7 Å². The van der Waals surface area contributed by atoms with Gasteiger partial charge in [-0.1, -0.05) is 12.8 Å². The maximum atomic E-state index is 11.9. The molecule has 6 rings (SSSR count). The van der Waals surface area contributed by atoms with Gasteiger partial charge in [0.2, 0.25) is 0 Å². The molecule has 0 aromatic carbocycles. The third-order valence-corrected chi connectivity index (χ3v) is 7.84. The SMILES string of the molecule is NC(=O)c1nc(C2CCCC2)[nH]c1CCC12CC3CC(CC(C3)C1)C2. The zero-order chi connectivity index (χ0) is 17.0. The molecule has 1 amide bonds. The Morgan fingerprint density at radius 3 is 2.24 bits per heavy atom. The molecule has 25 heavy (non-hydrogen) atoms. The summed E-state index contributed by atoms with van der Waals surface area (Å²) in [6.07, 6.45) is 15.8. The number of nitrogens with two attached hydrogens (primary N) is 1. The maximum absolute atomic E-state index is 11.9. The minimum absolute atomic E-state index is 0.360. The van der Waals surface area contributed by atoms with Crippen LogP contribution in [-0.4, -0.2) is 15.9 Å². The van der Waals surface area contributed by atoms with Gasteiger partial charge in [-0.3, -0.25) is 4.79 Å². The first-order chi connectivity index (χ1) is 12.1.